The van der Waals surface area contributed by atoms with Crippen molar-refractivity contribution < 1.29 is 4.74 Å². The molecule has 5 nitrogen and oxygen atoms in total. The number of nitrogens with one attached hydrogen (secondary N) is 2. The van der Waals surface area contributed by atoms with Crippen LogP contribution >= 0.6 is 0 Å². The van der Waals surface area contributed by atoms with E-state index < -0.39 is 0 Å². The highest BCUT2D eigenvalue weighted by atomic mass is 16.5. The first-order valence-corrected chi connectivity index (χ1v) is 8.69. The molecule has 0 aliphatic carbocycles. The smallest absolute Gasteiger partial charge is 0.193 e. The molecule has 2 rings (SSSR count). The Morgan fingerprint density at radius 2 is 1.96 bits per heavy atom. The molecule has 1 saturated heterocycles. The van der Waals surface area contributed by atoms with Crippen molar-refractivity contribution in [3.8, 4) is 0 Å². The van der Waals surface area contributed by atoms with E-state index in [0.717, 1.165) is 58.0 Å². The summed E-state index contributed by atoms with van der Waals surface area (Å²) in [6, 6.07) is 10.3. The molecule has 1 heterocycles. The highest BCUT2D eigenvalue weighted by Gasteiger charge is 2.21. The zero-order valence-electron chi connectivity index (χ0n) is 14.4. The Bertz CT molecular complexity index is 455. The van der Waals surface area contributed by atoms with Crippen molar-refractivity contribution in [2.75, 3.05) is 45.2 Å². The van der Waals surface area contributed by atoms with Gasteiger partial charge in [0.05, 0.1) is 6.10 Å². The van der Waals surface area contributed by atoms with Gasteiger partial charge in [-0.2, -0.15) is 0 Å². The average Bonchev–Trinajstić information content (AvgIpc) is 2.60. The van der Waals surface area contributed by atoms with Gasteiger partial charge < -0.3 is 20.3 Å². The molecule has 1 aliphatic heterocycles. The van der Waals surface area contributed by atoms with Crippen LogP contribution in [0.5, 0.6) is 0 Å². The van der Waals surface area contributed by atoms with E-state index >= 15 is 0 Å². The Labute approximate surface area is 140 Å². The van der Waals surface area contributed by atoms with E-state index in [-0.39, 0.29) is 0 Å². The van der Waals surface area contributed by atoms with Gasteiger partial charge in [0.1, 0.15) is 0 Å². The van der Waals surface area contributed by atoms with E-state index in [2.05, 4.69) is 39.6 Å². The summed E-state index contributed by atoms with van der Waals surface area (Å²) in [5.41, 5.74) is 1.18. The number of nitrogens with zero attached hydrogens (tertiary/aromatic N) is 2. The largest absolute Gasteiger partial charge is 0.385 e. The average molecular weight is 318 g/mol. The second-order valence-electron chi connectivity index (χ2n) is 5.76. The summed E-state index contributed by atoms with van der Waals surface area (Å²) in [6.45, 7) is 6.81. The summed E-state index contributed by atoms with van der Waals surface area (Å²) in [5.74, 6) is 1.01. The van der Waals surface area contributed by atoms with Crippen LogP contribution in [0.2, 0.25) is 0 Å². The van der Waals surface area contributed by atoms with Crippen LogP contribution in [-0.2, 0) is 4.74 Å². The van der Waals surface area contributed by atoms with Crippen LogP contribution in [0.25, 0.3) is 0 Å². The van der Waals surface area contributed by atoms with Crippen LogP contribution in [0.4, 0.5) is 5.69 Å². The normalized spacial score (nSPS) is 16.4. The van der Waals surface area contributed by atoms with E-state index in [1.165, 1.54) is 5.69 Å². The number of hydrogen-bond acceptors (Lipinski definition) is 3. The number of rotatable bonds is 7. The molecule has 0 saturated carbocycles. The van der Waals surface area contributed by atoms with Gasteiger partial charge in [-0.05, 0) is 38.3 Å². The monoisotopic (exact) mass is 318 g/mol. The summed E-state index contributed by atoms with van der Waals surface area (Å²) in [6.07, 6.45) is 3.65. The van der Waals surface area contributed by atoms with Gasteiger partial charge in [0.25, 0.3) is 0 Å². The number of ether oxygens (including phenoxy) is 1. The molecule has 1 fully saturated rings. The molecule has 0 aromatic heterocycles. The number of likely N-dealkylation sites (tertiary alicyclic amines) is 1. The molecule has 0 bridgehead atoms. The Morgan fingerprint density at radius 1 is 1.22 bits per heavy atom. The number of aliphatic imine (C=N–C) groups is 1. The zero-order chi connectivity index (χ0) is 16.3. The van der Waals surface area contributed by atoms with E-state index in [1.54, 1.807) is 0 Å². The lowest BCUT2D eigenvalue weighted by molar-refractivity contribution is 0.0264. The van der Waals surface area contributed by atoms with Gasteiger partial charge in [-0.25, -0.2) is 0 Å². The molecular formula is C18H30N4O. The molecule has 0 atom stereocenters. The molecule has 1 aliphatic rings. The quantitative estimate of drug-likeness (QED) is 0.461. The summed E-state index contributed by atoms with van der Waals surface area (Å²) in [5, 5.41) is 6.89. The number of piperidine rings is 1. The summed E-state index contributed by atoms with van der Waals surface area (Å²) in [4.78, 5) is 6.74. The predicted octanol–water partition coefficient (Wildman–Crippen LogP) is 2.56. The number of hydrogen-bond donors (Lipinski definition) is 2. The number of para-hydroxylation sites is 1. The SMILES string of the molecule is CCOC1CCN(C(=NC)NCCCNc2ccccc2)CC1. The van der Waals surface area contributed by atoms with Crippen LogP contribution in [0, 0.1) is 0 Å². The first-order valence-electron chi connectivity index (χ1n) is 8.69. The predicted molar refractivity (Wildman–Crippen MR) is 97.1 cm³/mol. The second kappa shape index (κ2) is 10.1. The molecular weight excluding hydrogens is 288 g/mol. The lowest BCUT2D eigenvalue weighted by atomic mass is 10.1. The first kappa shape index (κ1) is 17.6. The molecule has 0 unspecified atom stereocenters. The standard InChI is InChI=1S/C18H30N4O/c1-3-23-17-10-14-22(15-11-17)18(19-2)21-13-7-12-20-16-8-5-4-6-9-16/h4-6,8-9,17,20H,3,7,10-15H2,1-2H3,(H,19,21). The van der Waals surface area contributed by atoms with Crippen molar-refractivity contribution >= 4 is 11.6 Å². The molecule has 128 valence electrons. The van der Waals surface area contributed by atoms with Crippen LogP contribution in [-0.4, -0.2) is 56.8 Å². The fourth-order valence-corrected chi connectivity index (χ4v) is 2.88. The highest BCUT2D eigenvalue weighted by molar-refractivity contribution is 5.79. The van der Waals surface area contributed by atoms with Crippen LogP contribution in [0.15, 0.2) is 35.3 Å². The fourth-order valence-electron chi connectivity index (χ4n) is 2.88. The fraction of sp³-hybridized carbons (Fsp3) is 0.611. The molecule has 1 aromatic rings. The Hall–Kier alpha value is -1.75. The Kier molecular flexibility index (Phi) is 7.73. The van der Waals surface area contributed by atoms with Crippen LogP contribution in [0.3, 0.4) is 0 Å². The van der Waals surface area contributed by atoms with E-state index in [9.17, 15) is 0 Å². The van der Waals surface area contributed by atoms with E-state index in [1.807, 2.05) is 25.2 Å². The lowest BCUT2D eigenvalue weighted by Crippen LogP contribution is -2.47. The third-order valence-corrected chi connectivity index (χ3v) is 4.10. The third kappa shape index (κ3) is 6.10. The van der Waals surface area contributed by atoms with Crippen molar-refractivity contribution in [3.63, 3.8) is 0 Å². The van der Waals surface area contributed by atoms with Gasteiger partial charge in [-0.3, -0.25) is 4.99 Å². The topological polar surface area (TPSA) is 48.9 Å². The van der Waals surface area contributed by atoms with Crippen molar-refractivity contribution in [2.45, 2.75) is 32.3 Å². The second-order valence-corrected chi connectivity index (χ2v) is 5.76. The minimum absolute atomic E-state index is 0.421. The maximum absolute atomic E-state index is 5.70. The molecule has 0 spiro atoms. The maximum atomic E-state index is 5.70. The van der Waals surface area contributed by atoms with Gasteiger partial charge in [0.2, 0.25) is 0 Å². The van der Waals surface area contributed by atoms with Crippen molar-refractivity contribution in [1.82, 2.24) is 10.2 Å². The summed E-state index contributed by atoms with van der Waals surface area (Å²) in [7, 11) is 1.86. The van der Waals surface area contributed by atoms with Crippen molar-refractivity contribution in [3.05, 3.63) is 30.3 Å². The van der Waals surface area contributed by atoms with E-state index in [0.29, 0.717) is 6.10 Å². The molecule has 2 N–H and O–H groups in total. The van der Waals surface area contributed by atoms with Gasteiger partial charge in [0.15, 0.2) is 5.96 Å². The number of benzene rings is 1. The van der Waals surface area contributed by atoms with Gasteiger partial charge in [0, 0.05) is 45.5 Å². The van der Waals surface area contributed by atoms with Crippen LogP contribution in [0.1, 0.15) is 26.2 Å². The van der Waals surface area contributed by atoms with Crippen molar-refractivity contribution in [1.29, 1.82) is 0 Å². The number of guanidine groups is 1. The molecule has 1 aromatic carbocycles. The van der Waals surface area contributed by atoms with Gasteiger partial charge in [-0.15, -0.1) is 0 Å². The zero-order valence-corrected chi connectivity index (χ0v) is 14.4. The van der Waals surface area contributed by atoms with Gasteiger partial charge in [-0.1, -0.05) is 18.2 Å². The Balaban J connectivity index is 1.62. The third-order valence-electron chi connectivity index (χ3n) is 4.10. The molecule has 0 amide bonds. The summed E-state index contributed by atoms with van der Waals surface area (Å²) >= 11 is 0. The Morgan fingerprint density at radius 3 is 2.61 bits per heavy atom. The highest BCUT2D eigenvalue weighted by Crippen LogP contribution is 2.13. The first-order chi connectivity index (χ1) is 11.3. The van der Waals surface area contributed by atoms with Gasteiger partial charge >= 0.3 is 0 Å². The molecule has 23 heavy (non-hydrogen) atoms. The van der Waals surface area contributed by atoms with Crippen molar-refractivity contribution in [2.24, 2.45) is 4.99 Å². The van der Waals surface area contributed by atoms with Crippen LogP contribution < -0.4 is 10.6 Å². The molecule has 0 radical (unpaired) electrons. The lowest BCUT2D eigenvalue weighted by Gasteiger charge is -2.34. The van der Waals surface area contributed by atoms with E-state index in [4.69, 9.17) is 4.74 Å². The maximum Gasteiger partial charge on any atom is 0.193 e. The number of anilines is 1. The minimum Gasteiger partial charge on any atom is -0.385 e. The summed E-state index contributed by atoms with van der Waals surface area (Å²) < 4.78 is 5.70. The molecule has 5 heteroatoms. The minimum atomic E-state index is 0.421.